The summed E-state index contributed by atoms with van der Waals surface area (Å²) in [5, 5.41) is 28.5. The maximum atomic E-state index is 13.0. The summed E-state index contributed by atoms with van der Waals surface area (Å²) in [6, 6.07) is 0.365. The monoisotopic (exact) mass is 669 g/mol. The summed E-state index contributed by atoms with van der Waals surface area (Å²) in [6.07, 6.45) is 0.721. The first-order chi connectivity index (χ1) is 20.2. The third kappa shape index (κ3) is 7.29. The molecule has 2 aromatic heterocycles. The van der Waals surface area contributed by atoms with Gasteiger partial charge >= 0.3 is 12.1 Å². The molecule has 2 aliphatic heterocycles. The second-order valence-electron chi connectivity index (χ2n) is 9.67. The van der Waals surface area contributed by atoms with Gasteiger partial charge in [-0.15, -0.1) is 11.8 Å². The molecule has 20 heteroatoms. The predicted octanol–water partition coefficient (Wildman–Crippen LogP) is 2.32. The largest absolute Gasteiger partial charge is 0.477 e. The Bertz CT molecular complexity index is 1570. The van der Waals surface area contributed by atoms with Crippen LogP contribution in [0.15, 0.2) is 39.0 Å². The zero-order valence-electron chi connectivity index (χ0n) is 22.5. The normalized spacial score (nSPS) is 18.7. The van der Waals surface area contributed by atoms with Gasteiger partial charge in [-0.25, -0.2) is 19.6 Å². The van der Waals surface area contributed by atoms with Gasteiger partial charge in [0.05, 0.1) is 0 Å². The highest BCUT2D eigenvalue weighted by atomic mass is 35.5. The number of hydrogen-bond acceptors (Lipinski definition) is 15. The Morgan fingerprint density at radius 1 is 1.28 bits per heavy atom. The van der Waals surface area contributed by atoms with E-state index in [1.165, 1.54) is 23.9 Å². The van der Waals surface area contributed by atoms with Crippen LogP contribution in [0.3, 0.4) is 0 Å². The van der Waals surface area contributed by atoms with Crippen LogP contribution in [0.4, 0.5) is 21.7 Å². The number of allylic oxidation sites excluding steroid dienone is 1. The van der Waals surface area contributed by atoms with Crippen molar-refractivity contribution < 1.29 is 34.2 Å². The number of nitrogens with two attached hydrogens (primary N) is 2. The van der Waals surface area contributed by atoms with Crippen LogP contribution in [-0.4, -0.2) is 82.5 Å². The number of anilines is 3. The summed E-state index contributed by atoms with van der Waals surface area (Å²) in [6.45, 7) is 5.01. The summed E-state index contributed by atoms with van der Waals surface area (Å²) in [5.41, 5.74) is 9.71. The van der Waals surface area contributed by atoms with Crippen molar-refractivity contribution in [2.24, 2.45) is 5.16 Å². The average Bonchev–Trinajstić information content (AvgIpc) is 3.24. The van der Waals surface area contributed by atoms with Gasteiger partial charge in [-0.2, -0.15) is 4.98 Å². The fourth-order valence-corrected chi connectivity index (χ4v) is 6.84. The molecule has 0 spiro atoms. The number of nitrogens with zero attached hydrogens (tertiary/aromatic N) is 5. The van der Waals surface area contributed by atoms with E-state index < -0.39 is 46.6 Å². The first kappa shape index (κ1) is 31.9. The zero-order chi connectivity index (χ0) is 31.6. The second kappa shape index (κ2) is 12.7. The molecule has 4 heterocycles. The molecule has 0 aromatic carbocycles. The van der Waals surface area contributed by atoms with E-state index in [1.54, 1.807) is 26.2 Å². The number of β-lactam (4-membered cyclic amide) rings is 1. The highest BCUT2D eigenvalue weighted by Gasteiger charge is 2.54. The number of carboxylic acids is 1. The summed E-state index contributed by atoms with van der Waals surface area (Å²) >= 11 is 9.32. The van der Waals surface area contributed by atoms with Crippen LogP contribution in [0.2, 0.25) is 4.34 Å². The lowest BCUT2D eigenvalue weighted by Gasteiger charge is -2.49. The van der Waals surface area contributed by atoms with E-state index in [2.05, 4.69) is 30.7 Å². The molecule has 228 valence electrons. The number of hydrogen-bond donors (Lipinski definition) is 6. The maximum Gasteiger partial charge on any atom is 0.413 e. The Morgan fingerprint density at radius 2 is 2.00 bits per heavy atom. The van der Waals surface area contributed by atoms with Crippen LogP contribution >= 0.6 is 46.5 Å². The van der Waals surface area contributed by atoms with Crippen molar-refractivity contribution in [1.82, 2.24) is 25.2 Å². The number of carbonyl (C=O) groups is 4. The summed E-state index contributed by atoms with van der Waals surface area (Å²) < 4.78 is 5.07. The number of carbonyl (C=O) groups excluding carboxylic acids is 3. The minimum atomic E-state index is -1.33. The molecule has 1 fully saturated rings. The van der Waals surface area contributed by atoms with Gasteiger partial charge in [0.15, 0.2) is 10.8 Å². The minimum Gasteiger partial charge on any atom is -0.477 e. The number of amides is 3. The topological polar surface area (TPSA) is 248 Å². The van der Waals surface area contributed by atoms with E-state index >= 15 is 0 Å². The molecule has 4 rings (SSSR count). The molecule has 2 aliphatic rings. The Morgan fingerprint density at radius 3 is 2.63 bits per heavy atom. The number of aromatic nitrogens is 3. The standard InChI is InChI=1S/C23H24ClN9O7S3/c1-23(2,3)40-22(38)31-21-30-11(15(24)43-21)12(32-39)16(34)29-13-17(35)33-14(19(36)37)8(7-42-18(13)33)4-5-41-10-6-9(25)27-20(26)28-10/h4-6,13,18,39H,7H2,1-3H3,(H,29,34)(H,36,37)(H,30,31,38)(H4,25,26,27,28)/b5-4+,32-12-/t13-,18-/m1/s1. The molecule has 0 unspecified atom stereocenters. The number of halogens is 1. The fourth-order valence-electron chi connectivity index (χ4n) is 3.78. The molecule has 0 radical (unpaired) electrons. The van der Waals surface area contributed by atoms with Crippen molar-refractivity contribution in [3.05, 3.63) is 38.9 Å². The van der Waals surface area contributed by atoms with Crippen LogP contribution in [-0.2, 0) is 19.1 Å². The van der Waals surface area contributed by atoms with Crippen LogP contribution in [0.5, 0.6) is 0 Å². The molecule has 0 aliphatic carbocycles. The third-order valence-corrected chi connectivity index (χ3v) is 8.61. The average molecular weight is 670 g/mol. The molecule has 1 saturated heterocycles. The summed E-state index contributed by atoms with van der Waals surface area (Å²) in [5.74, 6) is -2.66. The van der Waals surface area contributed by atoms with E-state index in [-0.39, 0.29) is 38.4 Å². The molecule has 43 heavy (non-hydrogen) atoms. The molecule has 3 amide bonds. The number of ether oxygens (including phenoxy) is 1. The molecular weight excluding hydrogens is 646 g/mol. The van der Waals surface area contributed by atoms with Gasteiger partial charge < -0.3 is 31.8 Å². The Balaban J connectivity index is 1.45. The van der Waals surface area contributed by atoms with Crippen LogP contribution in [0.25, 0.3) is 0 Å². The van der Waals surface area contributed by atoms with Crippen molar-refractivity contribution in [3.63, 3.8) is 0 Å². The maximum absolute atomic E-state index is 13.0. The fraction of sp³-hybridized carbons (Fsp3) is 0.304. The first-order valence-electron chi connectivity index (χ1n) is 12.0. The van der Waals surface area contributed by atoms with Gasteiger partial charge in [0, 0.05) is 11.8 Å². The second-order valence-corrected chi connectivity index (χ2v) is 13.3. The van der Waals surface area contributed by atoms with E-state index in [0.29, 0.717) is 10.6 Å². The number of fused-ring (bicyclic) bond motifs is 1. The number of nitrogen functional groups attached to an aromatic ring is 2. The smallest absolute Gasteiger partial charge is 0.413 e. The lowest BCUT2D eigenvalue weighted by atomic mass is 10.0. The number of oxime groups is 1. The summed E-state index contributed by atoms with van der Waals surface area (Å²) in [7, 11) is 0. The zero-order valence-corrected chi connectivity index (χ0v) is 25.7. The van der Waals surface area contributed by atoms with Crippen LogP contribution in [0, 0.1) is 0 Å². The molecule has 2 aromatic rings. The van der Waals surface area contributed by atoms with Gasteiger partial charge in [-0.3, -0.25) is 19.8 Å². The van der Waals surface area contributed by atoms with Crippen molar-refractivity contribution in [1.29, 1.82) is 0 Å². The number of rotatable bonds is 8. The number of thiazole rings is 1. The SMILES string of the molecule is CC(C)(C)OC(=O)Nc1nc(/C(=N/O)C(=O)N[C@@H]2C(=O)N3C(C(=O)O)=C(/C=C/Sc4cc(N)nc(N)n4)CS[C@H]23)c(Cl)s1. The number of nitrogens with one attached hydrogen (secondary N) is 2. The van der Waals surface area contributed by atoms with Gasteiger partial charge in [0.2, 0.25) is 5.95 Å². The van der Waals surface area contributed by atoms with Gasteiger partial charge in [-0.05, 0) is 37.8 Å². The minimum absolute atomic E-state index is 0.0129. The molecule has 2 atom stereocenters. The van der Waals surface area contributed by atoms with Crippen molar-refractivity contribution >= 4 is 92.9 Å². The number of thioether (sulfide) groups is 2. The quantitative estimate of drug-likeness (QED) is 0.0589. The van der Waals surface area contributed by atoms with Crippen LogP contribution in [0.1, 0.15) is 26.5 Å². The van der Waals surface area contributed by atoms with Crippen LogP contribution < -0.4 is 22.1 Å². The molecule has 0 bridgehead atoms. The first-order valence-corrected chi connectivity index (χ1v) is 15.1. The Kier molecular flexibility index (Phi) is 9.38. The van der Waals surface area contributed by atoms with E-state index in [4.69, 9.17) is 27.8 Å². The number of aliphatic carboxylic acids is 1. The highest BCUT2D eigenvalue weighted by molar-refractivity contribution is 8.02. The lowest BCUT2D eigenvalue weighted by Crippen LogP contribution is -2.71. The van der Waals surface area contributed by atoms with E-state index in [0.717, 1.165) is 28.0 Å². The van der Waals surface area contributed by atoms with Crippen molar-refractivity contribution in [3.8, 4) is 0 Å². The molecule has 0 saturated carbocycles. The molecular formula is C23H24ClN9O7S3. The van der Waals surface area contributed by atoms with Gasteiger partial charge in [0.1, 0.15) is 43.6 Å². The lowest BCUT2D eigenvalue weighted by molar-refractivity contribution is -0.150. The number of carboxylic acid groups (broad SMARTS) is 1. The van der Waals surface area contributed by atoms with E-state index in [1.807, 2.05) is 0 Å². The molecule has 16 nitrogen and oxygen atoms in total. The van der Waals surface area contributed by atoms with Crippen molar-refractivity contribution in [2.45, 2.75) is 42.8 Å². The third-order valence-electron chi connectivity index (χ3n) is 5.42. The van der Waals surface area contributed by atoms with Crippen molar-refractivity contribution in [2.75, 3.05) is 22.5 Å². The van der Waals surface area contributed by atoms with E-state index in [9.17, 15) is 29.5 Å². The van der Waals surface area contributed by atoms with Gasteiger partial charge in [-0.1, -0.05) is 39.9 Å². The Labute approximate surface area is 261 Å². The molecule has 8 N–H and O–H groups in total. The van der Waals surface area contributed by atoms with Gasteiger partial charge in [0.25, 0.3) is 11.8 Å². The summed E-state index contributed by atoms with van der Waals surface area (Å²) in [4.78, 5) is 63.1. The predicted molar refractivity (Wildman–Crippen MR) is 161 cm³/mol. The Hall–Kier alpha value is -4.07. The highest BCUT2D eigenvalue weighted by Crippen LogP contribution is 2.41.